The number of para-hydroxylation sites is 1. The number of hydrogen-bond acceptors (Lipinski definition) is 4. The Kier molecular flexibility index (Phi) is 6.58. The maximum absolute atomic E-state index is 12.0. The maximum Gasteiger partial charge on any atom is 0.225 e. The molecule has 0 aliphatic rings. The third-order valence-electron chi connectivity index (χ3n) is 3.34. The van der Waals surface area contributed by atoms with E-state index >= 15 is 0 Å². The van der Waals surface area contributed by atoms with Gasteiger partial charge in [-0.05, 0) is 6.07 Å². The molecule has 6 nitrogen and oxygen atoms in total. The molecule has 0 radical (unpaired) electrons. The van der Waals surface area contributed by atoms with E-state index in [2.05, 4.69) is 5.32 Å². The van der Waals surface area contributed by atoms with E-state index in [1.165, 1.54) is 4.31 Å². The van der Waals surface area contributed by atoms with E-state index in [-0.39, 0.29) is 25.5 Å². The molecule has 1 amide bonds. The smallest absolute Gasteiger partial charge is 0.225 e. The van der Waals surface area contributed by atoms with Gasteiger partial charge in [0, 0.05) is 30.6 Å². The van der Waals surface area contributed by atoms with E-state index in [0.717, 1.165) is 11.8 Å². The van der Waals surface area contributed by atoms with Crippen LogP contribution < -0.4 is 10.1 Å². The molecule has 1 aromatic carbocycles. The van der Waals surface area contributed by atoms with Crippen LogP contribution in [-0.4, -0.2) is 45.1 Å². The summed E-state index contributed by atoms with van der Waals surface area (Å²) in [7, 11) is -1.85. The second-order valence-corrected chi connectivity index (χ2v) is 8.40. The van der Waals surface area contributed by atoms with Crippen LogP contribution in [0.3, 0.4) is 0 Å². The topological polar surface area (TPSA) is 75.7 Å². The Morgan fingerprint density at radius 3 is 2.39 bits per heavy atom. The van der Waals surface area contributed by atoms with Crippen LogP contribution in [0, 0.1) is 5.41 Å². The van der Waals surface area contributed by atoms with Crippen molar-refractivity contribution < 1.29 is 17.9 Å². The maximum atomic E-state index is 12.0. The molecule has 0 saturated carbocycles. The van der Waals surface area contributed by atoms with Crippen LogP contribution in [0.4, 0.5) is 0 Å². The number of rotatable bonds is 7. The highest BCUT2D eigenvalue weighted by atomic mass is 32.2. The van der Waals surface area contributed by atoms with Crippen LogP contribution in [-0.2, 0) is 21.4 Å². The molecule has 1 rings (SSSR count). The molecule has 0 atom stereocenters. The van der Waals surface area contributed by atoms with Crippen molar-refractivity contribution in [3.8, 4) is 5.75 Å². The number of methoxy groups -OCH3 is 1. The Labute approximate surface area is 138 Å². The lowest BCUT2D eigenvalue weighted by Gasteiger charge is -2.23. The van der Waals surface area contributed by atoms with Gasteiger partial charge in [-0.1, -0.05) is 39.0 Å². The average molecular weight is 342 g/mol. The van der Waals surface area contributed by atoms with E-state index in [9.17, 15) is 13.2 Å². The zero-order chi connectivity index (χ0) is 17.7. The number of carbonyl (C=O) groups excluding carboxylic acids is 1. The van der Waals surface area contributed by atoms with Crippen molar-refractivity contribution in [2.75, 3.05) is 26.5 Å². The molecule has 23 heavy (non-hydrogen) atoms. The third-order valence-corrected chi connectivity index (χ3v) is 4.59. The number of amides is 1. The van der Waals surface area contributed by atoms with Gasteiger partial charge in [-0.25, -0.2) is 8.42 Å². The standard InChI is InChI=1S/C16H26N2O4S/c1-16(2,3)15(19)17-10-11-18(23(5,20)21)12-13-8-6-7-9-14(13)22-4/h6-9H,10-12H2,1-5H3,(H,17,19). The minimum atomic E-state index is -3.40. The number of nitrogens with zero attached hydrogens (tertiary/aromatic N) is 1. The number of benzene rings is 1. The van der Waals surface area contributed by atoms with Crippen LogP contribution in [0.1, 0.15) is 26.3 Å². The van der Waals surface area contributed by atoms with Gasteiger partial charge in [0.05, 0.1) is 13.4 Å². The van der Waals surface area contributed by atoms with E-state index in [0.29, 0.717) is 5.75 Å². The van der Waals surface area contributed by atoms with Crippen molar-refractivity contribution in [2.45, 2.75) is 27.3 Å². The Morgan fingerprint density at radius 1 is 1.26 bits per heavy atom. The van der Waals surface area contributed by atoms with Gasteiger partial charge in [0.15, 0.2) is 0 Å². The van der Waals surface area contributed by atoms with E-state index in [1.807, 2.05) is 39.0 Å². The second kappa shape index (κ2) is 7.79. The number of ether oxygens (including phenoxy) is 1. The molecule has 0 aromatic heterocycles. The van der Waals surface area contributed by atoms with Gasteiger partial charge in [-0.2, -0.15) is 4.31 Å². The average Bonchev–Trinajstić information content (AvgIpc) is 2.44. The SMILES string of the molecule is COc1ccccc1CN(CCNC(=O)C(C)(C)C)S(C)(=O)=O. The van der Waals surface area contributed by atoms with Crippen molar-refractivity contribution in [1.82, 2.24) is 9.62 Å². The quantitative estimate of drug-likeness (QED) is 0.817. The van der Waals surface area contributed by atoms with Gasteiger partial charge in [-0.15, -0.1) is 0 Å². The largest absolute Gasteiger partial charge is 0.496 e. The minimum absolute atomic E-state index is 0.108. The van der Waals surface area contributed by atoms with Gasteiger partial charge in [-0.3, -0.25) is 4.79 Å². The first-order chi connectivity index (χ1) is 10.6. The highest BCUT2D eigenvalue weighted by Crippen LogP contribution is 2.20. The fraction of sp³-hybridized carbons (Fsp3) is 0.562. The number of carbonyl (C=O) groups is 1. The summed E-state index contributed by atoms with van der Waals surface area (Å²) in [6.45, 7) is 6.10. The van der Waals surface area contributed by atoms with E-state index < -0.39 is 15.4 Å². The summed E-state index contributed by atoms with van der Waals surface area (Å²) in [6.07, 6.45) is 1.16. The molecule has 1 aromatic rings. The molecular formula is C16H26N2O4S. The van der Waals surface area contributed by atoms with Crippen molar-refractivity contribution in [3.05, 3.63) is 29.8 Å². The van der Waals surface area contributed by atoms with E-state index in [4.69, 9.17) is 4.74 Å². The first-order valence-corrected chi connectivity index (χ1v) is 9.26. The van der Waals surface area contributed by atoms with Crippen LogP contribution >= 0.6 is 0 Å². The summed E-state index contributed by atoms with van der Waals surface area (Å²) in [5, 5.41) is 2.76. The lowest BCUT2D eigenvalue weighted by Crippen LogP contribution is -2.41. The highest BCUT2D eigenvalue weighted by Gasteiger charge is 2.22. The summed E-state index contributed by atoms with van der Waals surface area (Å²) in [6, 6.07) is 7.28. The summed E-state index contributed by atoms with van der Waals surface area (Å²) >= 11 is 0. The zero-order valence-electron chi connectivity index (χ0n) is 14.4. The van der Waals surface area contributed by atoms with Gasteiger partial charge in [0.25, 0.3) is 0 Å². The Morgan fingerprint density at radius 2 is 1.87 bits per heavy atom. The first-order valence-electron chi connectivity index (χ1n) is 7.41. The predicted molar refractivity (Wildman–Crippen MR) is 90.7 cm³/mol. The molecule has 0 aliphatic carbocycles. The molecule has 0 fully saturated rings. The Balaban J connectivity index is 2.77. The fourth-order valence-corrected chi connectivity index (χ4v) is 2.74. The molecule has 0 heterocycles. The van der Waals surface area contributed by atoms with Crippen molar-refractivity contribution >= 4 is 15.9 Å². The third kappa shape index (κ3) is 6.19. The predicted octanol–water partition coefficient (Wildman–Crippen LogP) is 1.62. The zero-order valence-corrected chi connectivity index (χ0v) is 15.2. The van der Waals surface area contributed by atoms with Crippen LogP contribution in [0.5, 0.6) is 5.75 Å². The summed E-state index contributed by atoms with van der Waals surface area (Å²) in [4.78, 5) is 11.9. The fourth-order valence-electron chi connectivity index (χ4n) is 1.95. The summed E-state index contributed by atoms with van der Waals surface area (Å²) in [5.74, 6) is 0.531. The Bertz CT molecular complexity index is 636. The molecule has 0 unspecified atom stereocenters. The lowest BCUT2D eigenvalue weighted by atomic mass is 9.96. The van der Waals surface area contributed by atoms with Crippen LogP contribution in [0.25, 0.3) is 0 Å². The monoisotopic (exact) mass is 342 g/mol. The van der Waals surface area contributed by atoms with Gasteiger partial charge in [0.2, 0.25) is 15.9 Å². The van der Waals surface area contributed by atoms with Gasteiger partial charge < -0.3 is 10.1 Å². The first kappa shape index (κ1) is 19.4. The summed E-state index contributed by atoms with van der Waals surface area (Å²) < 4.78 is 30.5. The van der Waals surface area contributed by atoms with Crippen LogP contribution in [0.15, 0.2) is 24.3 Å². The number of hydrogen-bond donors (Lipinski definition) is 1. The molecular weight excluding hydrogens is 316 g/mol. The lowest BCUT2D eigenvalue weighted by molar-refractivity contribution is -0.128. The normalized spacial score (nSPS) is 12.3. The van der Waals surface area contributed by atoms with Crippen molar-refractivity contribution in [1.29, 1.82) is 0 Å². The van der Waals surface area contributed by atoms with Gasteiger partial charge >= 0.3 is 0 Å². The molecule has 7 heteroatoms. The van der Waals surface area contributed by atoms with E-state index in [1.54, 1.807) is 13.2 Å². The number of nitrogens with one attached hydrogen (secondary N) is 1. The Hall–Kier alpha value is -1.60. The molecule has 0 saturated heterocycles. The van der Waals surface area contributed by atoms with Crippen LogP contribution in [0.2, 0.25) is 0 Å². The minimum Gasteiger partial charge on any atom is -0.496 e. The molecule has 0 spiro atoms. The molecule has 1 N–H and O–H groups in total. The van der Waals surface area contributed by atoms with Crippen molar-refractivity contribution in [3.63, 3.8) is 0 Å². The molecule has 130 valence electrons. The summed E-state index contributed by atoms with van der Waals surface area (Å²) in [5.41, 5.74) is 0.279. The molecule has 0 bridgehead atoms. The molecule has 0 aliphatic heterocycles. The number of sulfonamides is 1. The highest BCUT2D eigenvalue weighted by molar-refractivity contribution is 7.88. The second-order valence-electron chi connectivity index (χ2n) is 6.41. The van der Waals surface area contributed by atoms with Crippen molar-refractivity contribution in [2.24, 2.45) is 5.41 Å². The van der Waals surface area contributed by atoms with Gasteiger partial charge in [0.1, 0.15) is 5.75 Å².